The quantitative estimate of drug-likeness (QED) is 0.274. The number of alkyl halides is 3. The van der Waals surface area contributed by atoms with Crippen LogP contribution in [0.3, 0.4) is 0 Å². The Bertz CT molecular complexity index is 1300. The van der Waals surface area contributed by atoms with Crippen LogP contribution in [-0.2, 0) is 16.0 Å². The molecule has 2 saturated heterocycles. The normalized spacial score (nSPS) is 19.9. The SMILES string of the molecule is O=CC(F)(F)F.[C-]#[N+]c1c(F)ccc([C@H]2CN3CCN(CCc4ccc(-n5cnnn5)nc4)C[C@H]3CO2)c1C. The number of aromatic nitrogens is 5. The Labute approximate surface area is 222 Å². The summed E-state index contributed by atoms with van der Waals surface area (Å²) in [7, 11) is 0. The molecule has 10 nitrogen and oxygen atoms in total. The topological polar surface area (TPSA) is 93.6 Å². The molecule has 14 heteroatoms. The molecule has 2 atom stereocenters. The van der Waals surface area contributed by atoms with E-state index in [4.69, 9.17) is 16.1 Å². The molecule has 0 bridgehead atoms. The second-order valence-corrected chi connectivity index (χ2v) is 9.18. The van der Waals surface area contributed by atoms with Gasteiger partial charge in [-0.1, -0.05) is 12.1 Å². The summed E-state index contributed by atoms with van der Waals surface area (Å²) in [5.74, 6) is 0.236. The van der Waals surface area contributed by atoms with Gasteiger partial charge in [-0.25, -0.2) is 14.2 Å². The number of morpholine rings is 1. The van der Waals surface area contributed by atoms with Gasteiger partial charge in [-0.15, -0.1) is 5.10 Å². The van der Waals surface area contributed by atoms with E-state index in [9.17, 15) is 17.6 Å². The number of halogens is 4. The van der Waals surface area contributed by atoms with E-state index in [0.717, 1.165) is 44.7 Å². The molecule has 0 amide bonds. The molecule has 2 aliphatic rings. The molecular formula is C25H26F4N8O2. The number of carbonyl (C=O) groups is 1. The summed E-state index contributed by atoms with van der Waals surface area (Å²) in [5, 5.41) is 11.1. The molecular weight excluding hydrogens is 520 g/mol. The van der Waals surface area contributed by atoms with Gasteiger partial charge < -0.3 is 9.64 Å². The van der Waals surface area contributed by atoms with E-state index in [2.05, 4.69) is 41.2 Å². The van der Waals surface area contributed by atoms with Gasteiger partial charge in [-0.05, 0) is 52.6 Å². The molecule has 0 unspecified atom stereocenters. The number of pyridine rings is 1. The molecule has 206 valence electrons. The standard InChI is InChI=1S/C23H25FN8O.C2HF3O/c1-16-19(4-5-20(24)23(16)25-2)21-13-31-10-9-30(12-18(31)14-33-21)8-7-17-3-6-22(26-11-17)32-15-27-28-29-32;3-2(4,5)1-6/h3-6,11,15,18,21H,7-10,12-14H2,1H3;1H/t18-,21+;/m0./s1. The van der Waals surface area contributed by atoms with Crippen LogP contribution in [0.2, 0.25) is 0 Å². The number of hydrogen-bond acceptors (Lipinski definition) is 8. The van der Waals surface area contributed by atoms with Crippen LogP contribution in [0, 0.1) is 19.3 Å². The van der Waals surface area contributed by atoms with Gasteiger partial charge in [0.25, 0.3) is 0 Å². The zero-order valence-corrected chi connectivity index (χ0v) is 21.1. The van der Waals surface area contributed by atoms with Crippen molar-refractivity contribution in [2.45, 2.75) is 31.7 Å². The summed E-state index contributed by atoms with van der Waals surface area (Å²) < 4.78 is 52.9. The van der Waals surface area contributed by atoms with E-state index in [0.29, 0.717) is 24.0 Å². The van der Waals surface area contributed by atoms with Crippen molar-refractivity contribution >= 4 is 12.0 Å². The lowest BCUT2D eigenvalue weighted by molar-refractivity contribution is -0.156. The number of nitrogens with zero attached hydrogens (tertiary/aromatic N) is 8. The fraction of sp³-hybridized carbons (Fsp3) is 0.440. The zero-order chi connectivity index (χ0) is 28.0. The van der Waals surface area contributed by atoms with Gasteiger partial charge in [0.15, 0.2) is 5.82 Å². The van der Waals surface area contributed by atoms with E-state index in [1.807, 2.05) is 19.2 Å². The van der Waals surface area contributed by atoms with Gasteiger partial charge in [0.1, 0.15) is 12.1 Å². The Balaban J connectivity index is 0.000000531. The first-order chi connectivity index (χ1) is 18.7. The fourth-order valence-corrected chi connectivity index (χ4v) is 4.66. The van der Waals surface area contributed by atoms with Crippen molar-refractivity contribution < 1.29 is 27.1 Å². The van der Waals surface area contributed by atoms with Gasteiger partial charge in [0.05, 0.1) is 19.3 Å². The Morgan fingerprint density at radius 2 is 2.00 bits per heavy atom. The highest BCUT2D eigenvalue weighted by Crippen LogP contribution is 2.34. The van der Waals surface area contributed by atoms with E-state index in [1.165, 1.54) is 22.6 Å². The predicted octanol–water partition coefficient (Wildman–Crippen LogP) is 3.10. The largest absolute Gasteiger partial charge is 0.446 e. The molecule has 2 aromatic heterocycles. The first-order valence-corrected chi connectivity index (χ1v) is 12.1. The van der Waals surface area contributed by atoms with Crippen LogP contribution in [0.5, 0.6) is 0 Å². The van der Waals surface area contributed by atoms with E-state index >= 15 is 0 Å². The Hall–Kier alpha value is -3.80. The lowest BCUT2D eigenvalue weighted by atomic mass is 9.98. The number of piperazine rings is 1. The zero-order valence-electron chi connectivity index (χ0n) is 21.1. The van der Waals surface area contributed by atoms with Crippen molar-refractivity contribution in [1.82, 2.24) is 35.0 Å². The minimum atomic E-state index is -4.64. The van der Waals surface area contributed by atoms with Crippen LogP contribution in [0.4, 0.5) is 23.2 Å². The molecule has 0 aliphatic carbocycles. The molecule has 4 heterocycles. The van der Waals surface area contributed by atoms with Crippen LogP contribution < -0.4 is 0 Å². The maximum Gasteiger partial charge on any atom is 0.446 e. The third kappa shape index (κ3) is 7.20. The number of tetrazole rings is 1. The highest BCUT2D eigenvalue weighted by Gasteiger charge is 2.34. The maximum atomic E-state index is 13.9. The third-order valence-electron chi connectivity index (χ3n) is 6.70. The Morgan fingerprint density at radius 1 is 1.21 bits per heavy atom. The number of ether oxygens (including phenoxy) is 1. The third-order valence-corrected chi connectivity index (χ3v) is 6.70. The van der Waals surface area contributed by atoms with E-state index in [-0.39, 0.29) is 11.8 Å². The molecule has 2 fully saturated rings. The van der Waals surface area contributed by atoms with Crippen LogP contribution in [0.1, 0.15) is 22.8 Å². The van der Waals surface area contributed by atoms with Crippen LogP contribution in [0.25, 0.3) is 10.7 Å². The molecule has 0 N–H and O–H groups in total. The Morgan fingerprint density at radius 3 is 2.64 bits per heavy atom. The fourth-order valence-electron chi connectivity index (χ4n) is 4.66. The molecule has 3 aromatic rings. The lowest BCUT2D eigenvalue weighted by Crippen LogP contribution is -2.58. The average molecular weight is 547 g/mol. The molecule has 0 saturated carbocycles. The van der Waals surface area contributed by atoms with Crippen LogP contribution in [0.15, 0.2) is 36.8 Å². The molecule has 39 heavy (non-hydrogen) atoms. The summed E-state index contributed by atoms with van der Waals surface area (Å²) in [4.78, 5) is 21.4. The van der Waals surface area contributed by atoms with Crippen molar-refractivity contribution in [3.8, 4) is 5.82 Å². The molecule has 2 aliphatic heterocycles. The highest BCUT2D eigenvalue weighted by atomic mass is 19.4. The number of rotatable bonds is 5. The minimum Gasteiger partial charge on any atom is -0.371 e. The summed E-state index contributed by atoms with van der Waals surface area (Å²) >= 11 is 0. The van der Waals surface area contributed by atoms with Gasteiger partial charge in [-0.2, -0.15) is 17.9 Å². The van der Waals surface area contributed by atoms with Crippen LogP contribution >= 0.6 is 0 Å². The lowest BCUT2D eigenvalue weighted by Gasteiger charge is -2.46. The number of aldehydes is 1. The second kappa shape index (κ2) is 12.4. The van der Waals surface area contributed by atoms with Gasteiger partial charge >= 0.3 is 6.18 Å². The summed E-state index contributed by atoms with van der Waals surface area (Å²) in [6.45, 7) is 14.4. The number of hydrogen-bond donors (Lipinski definition) is 0. The number of fused-ring (bicyclic) bond motifs is 1. The highest BCUT2D eigenvalue weighted by molar-refractivity contribution is 5.57. The number of benzene rings is 1. The minimum absolute atomic E-state index is 0.100. The molecule has 0 spiro atoms. The van der Waals surface area contributed by atoms with Crippen molar-refractivity contribution in [2.75, 3.05) is 39.3 Å². The number of carbonyl (C=O) groups excluding carboxylic acids is 1. The van der Waals surface area contributed by atoms with Gasteiger partial charge in [0.2, 0.25) is 12.0 Å². The smallest absolute Gasteiger partial charge is 0.371 e. The second-order valence-electron chi connectivity index (χ2n) is 9.18. The maximum absolute atomic E-state index is 13.9. The Kier molecular flexibility index (Phi) is 8.95. The first-order valence-electron chi connectivity index (χ1n) is 12.1. The molecule has 0 radical (unpaired) electrons. The molecule has 5 rings (SSSR count). The van der Waals surface area contributed by atoms with Gasteiger partial charge in [-0.3, -0.25) is 9.69 Å². The van der Waals surface area contributed by atoms with Crippen molar-refractivity contribution in [3.63, 3.8) is 0 Å². The van der Waals surface area contributed by atoms with Gasteiger partial charge in [0, 0.05) is 45.0 Å². The predicted molar refractivity (Wildman–Crippen MR) is 131 cm³/mol. The van der Waals surface area contributed by atoms with Crippen molar-refractivity contribution in [2.24, 2.45) is 0 Å². The summed E-state index contributed by atoms with van der Waals surface area (Å²) in [5.41, 5.74) is 2.88. The summed E-state index contributed by atoms with van der Waals surface area (Å²) in [6.07, 6.45) is -1.50. The van der Waals surface area contributed by atoms with Crippen molar-refractivity contribution in [3.05, 3.63) is 70.7 Å². The molecule has 1 aromatic carbocycles. The first kappa shape index (κ1) is 28.2. The summed E-state index contributed by atoms with van der Waals surface area (Å²) in [6, 6.07) is 7.48. The van der Waals surface area contributed by atoms with E-state index < -0.39 is 18.3 Å². The monoisotopic (exact) mass is 546 g/mol. The average Bonchev–Trinajstić information content (AvgIpc) is 3.47. The van der Waals surface area contributed by atoms with E-state index in [1.54, 1.807) is 6.07 Å². The van der Waals surface area contributed by atoms with Crippen molar-refractivity contribution in [1.29, 1.82) is 0 Å². The van der Waals surface area contributed by atoms with Crippen LogP contribution in [-0.4, -0.2) is 92.8 Å².